The number of hydrogen-bond acceptors (Lipinski definition) is 2. The zero-order valence-corrected chi connectivity index (χ0v) is 7.33. The van der Waals surface area contributed by atoms with Crippen LogP contribution >= 0.6 is 0 Å². The zero-order valence-electron chi connectivity index (χ0n) is 7.33. The van der Waals surface area contributed by atoms with Crippen molar-refractivity contribution in [2.75, 3.05) is 5.73 Å². The lowest BCUT2D eigenvalue weighted by Gasteiger charge is -2.09. The van der Waals surface area contributed by atoms with Crippen molar-refractivity contribution in [1.82, 2.24) is 9.78 Å². The van der Waals surface area contributed by atoms with E-state index in [0.29, 0.717) is 6.04 Å². The van der Waals surface area contributed by atoms with Gasteiger partial charge in [0.1, 0.15) is 0 Å². The minimum Gasteiger partial charge on any atom is -0.396 e. The van der Waals surface area contributed by atoms with E-state index in [-0.39, 0.29) is 0 Å². The summed E-state index contributed by atoms with van der Waals surface area (Å²) in [7, 11) is 0. The molecule has 2 N–H and O–H groups in total. The van der Waals surface area contributed by atoms with Gasteiger partial charge in [0.25, 0.3) is 0 Å². The van der Waals surface area contributed by atoms with Gasteiger partial charge in [-0.05, 0) is 20.3 Å². The highest BCUT2D eigenvalue weighted by atomic mass is 15.3. The molecule has 3 nitrogen and oxygen atoms in total. The van der Waals surface area contributed by atoms with Crippen LogP contribution in [0.4, 0.5) is 5.69 Å². The molecular formula is C8H15N3. The summed E-state index contributed by atoms with van der Waals surface area (Å²) in [5.74, 6) is 0. The number of hydrogen-bond donors (Lipinski definition) is 1. The quantitative estimate of drug-likeness (QED) is 0.701. The van der Waals surface area contributed by atoms with Gasteiger partial charge in [0.15, 0.2) is 0 Å². The molecule has 0 saturated carbocycles. The van der Waals surface area contributed by atoms with Gasteiger partial charge in [-0.1, -0.05) is 6.92 Å². The molecule has 0 saturated heterocycles. The predicted octanol–water partition coefficient (Wildman–Crippen LogP) is 1.61. The number of aromatic nitrogens is 2. The molecule has 1 aromatic heterocycles. The lowest BCUT2D eigenvalue weighted by Crippen LogP contribution is -2.07. The van der Waals surface area contributed by atoms with Crippen LogP contribution in [0.3, 0.4) is 0 Å². The average molecular weight is 153 g/mol. The fraction of sp³-hybridized carbons (Fsp3) is 0.625. The van der Waals surface area contributed by atoms with Crippen LogP contribution in [0, 0.1) is 0 Å². The van der Waals surface area contributed by atoms with E-state index in [1.807, 2.05) is 4.68 Å². The Morgan fingerprint density at radius 2 is 2.27 bits per heavy atom. The van der Waals surface area contributed by atoms with E-state index < -0.39 is 0 Å². The molecule has 1 heterocycles. The predicted molar refractivity (Wildman–Crippen MR) is 46.4 cm³/mol. The molecule has 3 heteroatoms. The van der Waals surface area contributed by atoms with Crippen molar-refractivity contribution in [3.63, 3.8) is 0 Å². The van der Waals surface area contributed by atoms with Crippen LogP contribution in [0.5, 0.6) is 0 Å². The minimum atomic E-state index is 0.405. The standard InChI is InChI=1S/C8H15N3/c1-4-8-7(9)5-10-11(8)6(2)3/h5-6H,4,9H2,1-3H3. The summed E-state index contributed by atoms with van der Waals surface area (Å²) in [5, 5.41) is 4.18. The molecule has 0 radical (unpaired) electrons. The molecule has 0 aliphatic carbocycles. The summed E-state index contributed by atoms with van der Waals surface area (Å²) in [4.78, 5) is 0. The lowest BCUT2D eigenvalue weighted by molar-refractivity contribution is 0.512. The van der Waals surface area contributed by atoms with Gasteiger partial charge in [-0.15, -0.1) is 0 Å². The number of anilines is 1. The summed E-state index contributed by atoms with van der Waals surface area (Å²) in [5.41, 5.74) is 7.65. The van der Waals surface area contributed by atoms with Crippen molar-refractivity contribution < 1.29 is 0 Å². The van der Waals surface area contributed by atoms with Crippen molar-refractivity contribution in [2.45, 2.75) is 33.2 Å². The van der Waals surface area contributed by atoms with E-state index in [0.717, 1.165) is 17.8 Å². The summed E-state index contributed by atoms with van der Waals surface area (Å²) < 4.78 is 1.97. The Labute approximate surface area is 67.2 Å². The molecule has 0 spiro atoms. The van der Waals surface area contributed by atoms with E-state index in [9.17, 15) is 0 Å². The summed E-state index contributed by atoms with van der Waals surface area (Å²) in [6.45, 7) is 6.30. The van der Waals surface area contributed by atoms with Gasteiger partial charge in [-0.25, -0.2) is 0 Å². The maximum Gasteiger partial charge on any atom is 0.0733 e. The molecular weight excluding hydrogens is 138 g/mol. The smallest absolute Gasteiger partial charge is 0.0733 e. The molecule has 0 aliphatic heterocycles. The van der Waals surface area contributed by atoms with Crippen LogP contribution in [0.1, 0.15) is 32.5 Å². The second-order valence-electron chi connectivity index (χ2n) is 2.94. The molecule has 0 aliphatic rings. The van der Waals surface area contributed by atoms with Gasteiger partial charge >= 0.3 is 0 Å². The van der Waals surface area contributed by atoms with E-state index in [2.05, 4.69) is 25.9 Å². The number of nitrogens with two attached hydrogens (primary N) is 1. The highest BCUT2D eigenvalue weighted by Gasteiger charge is 2.07. The molecule has 0 unspecified atom stereocenters. The topological polar surface area (TPSA) is 43.8 Å². The highest BCUT2D eigenvalue weighted by Crippen LogP contribution is 2.15. The monoisotopic (exact) mass is 153 g/mol. The Bertz CT molecular complexity index is 237. The first kappa shape index (κ1) is 8.11. The van der Waals surface area contributed by atoms with E-state index >= 15 is 0 Å². The third kappa shape index (κ3) is 1.37. The Hall–Kier alpha value is -0.990. The molecule has 1 rings (SSSR count). The second-order valence-corrected chi connectivity index (χ2v) is 2.94. The van der Waals surface area contributed by atoms with Crippen molar-refractivity contribution >= 4 is 5.69 Å². The maximum atomic E-state index is 5.71. The zero-order chi connectivity index (χ0) is 8.43. The van der Waals surface area contributed by atoms with Crippen LogP contribution in [-0.2, 0) is 6.42 Å². The van der Waals surface area contributed by atoms with Gasteiger partial charge in [-0.3, -0.25) is 4.68 Å². The Morgan fingerprint density at radius 1 is 1.64 bits per heavy atom. The summed E-state index contributed by atoms with van der Waals surface area (Å²) in [6.07, 6.45) is 2.67. The van der Waals surface area contributed by atoms with E-state index in [1.165, 1.54) is 0 Å². The van der Waals surface area contributed by atoms with Crippen molar-refractivity contribution in [3.05, 3.63) is 11.9 Å². The van der Waals surface area contributed by atoms with Crippen molar-refractivity contribution in [1.29, 1.82) is 0 Å². The van der Waals surface area contributed by atoms with E-state index in [4.69, 9.17) is 5.73 Å². The van der Waals surface area contributed by atoms with Crippen LogP contribution in [0.15, 0.2) is 6.20 Å². The molecule has 0 fully saturated rings. The normalized spacial score (nSPS) is 10.9. The third-order valence-electron chi connectivity index (χ3n) is 1.76. The molecule has 0 aromatic carbocycles. The molecule has 62 valence electrons. The van der Waals surface area contributed by atoms with Gasteiger partial charge < -0.3 is 5.73 Å². The van der Waals surface area contributed by atoms with Crippen LogP contribution in [0.2, 0.25) is 0 Å². The largest absolute Gasteiger partial charge is 0.396 e. The van der Waals surface area contributed by atoms with Crippen molar-refractivity contribution in [3.8, 4) is 0 Å². The summed E-state index contributed by atoms with van der Waals surface area (Å²) in [6, 6.07) is 0.405. The van der Waals surface area contributed by atoms with Gasteiger partial charge in [0.2, 0.25) is 0 Å². The SMILES string of the molecule is CCc1c(N)cnn1C(C)C. The fourth-order valence-corrected chi connectivity index (χ4v) is 1.21. The molecule has 0 atom stereocenters. The van der Waals surface area contributed by atoms with Gasteiger partial charge in [0, 0.05) is 6.04 Å². The molecule has 0 bridgehead atoms. The minimum absolute atomic E-state index is 0.405. The van der Waals surface area contributed by atoms with Crippen LogP contribution in [0.25, 0.3) is 0 Å². The number of nitrogens with zero attached hydrogens (tertiary/aromatic N) is 2. The summed E-state index contributed by atoms with van der Waals surface area (Å²) >= 11 is 0. The second kappa shape index (κ2) is 2.95. The first-order valence-corrected chi connectivity index (χ1v) is 3.98. The average Bonchev–Trinajstić information content (AvgIpc) is 2.30. The maximum absolute atomic E-state index is 5.71. The molecule has 11 heavy (non-hydrogen) atoms. The number of nitrogen functional groups attached to an aromatic ring is 1. The Kier molecular flexibility index (Phi) is 2.17. The lowest BCUT2D eigenvalue weighted by atomic mass is 10.3. The first-order valence-electron chi connectivity index (χ1n) is 3.98. The Balaban J connectivity index is 3.05. The van der Waals surface area contributed by atoms with E-state index in [1.54, 1.807) is 6.20 Å². The third-order valence-corrected chi connectivity index (χ3v) is 1.76. The molecule has 1 aromatic rings. The Morgan fingerprint density at radius 3 is 2.64 bits per heavy atom. The van der Waals surface area contributed by atoms with Crippen molar-refractivity contribution in [2.24, 2.45) is 0 Å². The molecule has 0 amide bonds. The number of rotatable bonds is 2. The van der Waals surface area contributed by atoms with Gasteiger partial charge in [-0.2, -0.15) is 5.10 Å². The highest BCUT2D eigenvalue weighted by molar-refractivity contribution is 5.40. The first-order chi connectivity index (χ1) is 5.16. The van der Waals surface area contributed by atoms with Crippen LogP contribution in [-0.4, -0.2) is 9.78 Å². The van der Waals surface area contributed by atoms with Gasteiger partial charge in [0.05, 0.1) is 17.6 Å². The van der Waals surface area contributed by atoms with Crippen LogP contribution < -0.4 is 5.73 Å². The fourth-order valence-electron chi connectivity index (χ4n) is 1.21.